The fraction of sp³-hybridized carbons (Fsp3) is 0.714. The van der Waals surface area contributed by atoms with E-state index in [1.165, 1.54) is 25.8 Å². The van der Waals surface area contributed by atoms with E-state index in [4.69, 9.17) is 0 Å². The summed E-state index contributed by atoms with van der Waals surface area (Å²) in [4.78, 5) is 11.4. The van der Waals surface area contributed by atoms with Crippen molar-refractivity contribution in [2.45, 2.75) is 44.8 Å². The molecule has 118 valence electrons. The highest BCUT2D eigenvalue weighted by atomic mass is 127. The molecule has 5 nitrogen and oxygen atoms in total. The third kappa shape index (κ3) is 4.79. The SMILES string of the molecule is CN=C(NCc1nc(C)cs1)NC1CCN(C2CC2)C1.I. The van der Waals surface area contributed by atoms with Crippen LogP contribution in [0.5, 0.6) is 0 Å². The molecule has 2 fully saturated rings. The summed E-state index contributed by atoms with van der Waals surface area (Å²) in [6.45, 7) is 5.15. The largest absolute Gasteiger partial charge is 0.352 e. The van der Waals surface area contributed by atoms with E-state index in [0.717, 1.165) is 35.8 Å². The van der Waals surface area contributed by atoms with Crippen LogP contribution in [-0.4, -0.2) is 48.1 Å². The Morgan fingerprint density at radius 3 is 2.90 bits per heavy atom. The first-order valence-corrected chi connectivity index (χ1v) is 8.25. The van der Waals surface area contributed by atoms with Crippen LogP contribution in [0.2, 0.25) is 0 Å². The van der Waals surface area contributed by atoms with E-state index in [9.17, 15) is 0 Å². The molecule has 21 heavy (non-hydrogen) atoms. The number of guanidine groups is 1. The molecule has 0 bridgehead atoms. The minimum absolute atomic E-state index is 0. The van der Waals surface area contributed by atoms with Gasteiger partial charge < -0.3 is 10.6 Å². The van der Waals surface area contributed by atoms with Crippen molar-refractivity contribution >= 4 is 41.3 Å². The lowest BCUT2D eigenvalue weighted by Gasteiger charge is -2.18. The summed E-state index contributed by atoms with van der Waals surface area (Å²) < 4.78 is 0. The highest BCUT2D eigenvalue weighted by molar-refractivity contribution is 14.0. The van der Waals surface area contributed by atoms with Crippen LogP contribution in [0.3, 0.4) is 0 Å². The van der Waals surface area contributed by atoms with Crippen molar-refractivity contribution in [2.75, 3.05) is 20.1 Å². The standard InChI is InChI=1S/C14H23N5S.HI/c1-10-9-20-13(17-10)7-16-14(15-2)18-11-5-6-19(8-11)12-3-4-12;/h9,11-12H,3-8H2,1-2H3,(H2,15,16,18);1H. The summed E-state index contributed by atoms with van der Waals surface area (Å²) in [5.74, 6) is 0.889. The van der Waals surface area contributed by atoms with Crippen LogP contribution in [-0.2, 0) is 6.54 Å². The number of hydrogen-bond donors (Lipinski definition) is 2. The van der Waals surface area contributed by atoms with Crippen LogP contribution >= 0.6 is 35.3 Å². The molecule has 1 saturated carbocycles. The second kappa shape index (κ2) is 7.73. The molecule has 0 amide bonds. The second-order valence-corrected chi connectivity index (χ2v) is 6.61. The quantitative estimate of drug-likeness (QED) is 0.444. The smallest absolute Gasteiger partial charge is 0.191 e. The molecule has 1 saturated heterocycles. The van der Waals surface area contributed by atoms with Crippen molar-refractivity contribution in [1.82, 2.24) is 20.5 Å². The molecule has 3 rings (SSSR count). The maximum atomic E-state index is 4.46. The number of nitrogens with zero attached hydrogens (tertiary/aromatic N) is 3. The van der Waals surface area contributed by atoms with Gasteiger partial charge in [-0.25, -0.2) is 4.98 Å². The highest BCUT2D eigenvalue weighted by Gasteiger charge is 2.34. The van der Waals surface area contributed by atoms with Gasteiger partial charge in [0.25, 0.3) is 0 Å². The van der Waals surface area contributed by atoms with E-state index in [-0.39, 0.29) is 24.0 Å². The molecular weight excluding hydrogens is 397 g/mol. The van der Waals surface area contributed by atoms with Gasteiger partial charge in [0.2, 0.25) is 0 Å². The Morgan fingerprint density at radius 1 is 1.48 bits per heavy atom. The Bertz CT molecular complexity index is 485. The number of rotatable bonds is 4. The van der Waals surface area contributed by atoms with E-state index in [2.05, 4.69) is 30.9 Å². The fourth-order valence-corrected chi connectivity index (χ4v) is 3.42. The van der Waals surface area contributed by atoms with E-state index in [1.807, 2.05) is 14.0 Å². The molecule has 2 aliphatic rings. The Kier molecular flexibility index (Phi) is 6.24. The molecule has 1 atom stereocenters. The van der Waals surface area contributed by atoms with Gasteiger partial charge in [-0.1, -0.05) is 0 Å². The Morgan fingerprint density at radius 2 is 2.29 bits per heavy atom. The Labute approximate surface area is 147 Å². The van der Waals surface area contributed by atoms with Crippen molar-refractivity contribution in [3.63, 3.8) is 0 Å². The van der Waals surface area contributed by atoms with Crippen molar-refractivity contribution in [3.8, 4) is 0 Å². The molecule has 1 unspecified atom stereocenters. The number of nitrogens with one attached hydrogen (secondary N) is 2. The van der Waals surface area contributed by atoms with Crippen molar-refractivity contribution in [1.29, 1.82) is 0 Å². The summed E-state index contributed by atoms with van der Waals surface area (Å²) in [6.07, 6.45) is 4.00. The number of likely N-dealkylation sites (tertiary alicyclic amines) is 1. The lowest BCUT2D eigenvalue weighted by Crippen LogP contribution is -2.44. The van der Waals surface area contributed by atoms with E-state index >= 15 is 0 Å². The average Bonchev–Trinajstić information content (AvgIpc) is 3.06. The molecular formula is C14H24IN5S. The maximum Gasteiger partial charge on any atom is 0.191 e. The minimum atomic E-state index is 0. The molecule has 1 aliphatic heterocycles. The first-order chi connectivity index (χ1) is 9.74. The number of aliphatic imine (C=N–C) groups is 1. The molecule has 2 N–H and O–H groups in total. The highest BCUT2D eigenvalue weighted by Crippen LogP contribution is 2.29. The predicted octanol–water partition coefficient (Wildman–Crippen LogP) is 1.97. The number of hydrogen-bond acceptors (Lipinski definition) is 4. The molecule has 1 aromatic rings. The van der Waals surface area contributed by atoms with Gasteiger partial charge in [-0.05, 0) is 26.2 Å². The zero-order chi connectivity index (χ0) is 13.9. The Balaban J connectivity index is 0.00000161. The van der Waals surface area contributed by atoms with Crippen LogP contribution in [0.25, 0.3) is 0 Å². The molecule has 0 radical (unpaired) electrons. The first kappa shape index (κ1) is 17.0. The van der Waals surface area contributed by atoms with Gasteiger partial charge in [0.05, 0.1) is 6.54 Å². The van der Waals surface area contributed by atoms with Crippen LogP contribution in [0, 0.1) is 6.92 Å². The summed E-state index contributed by atoms with van der Waals surface area (Å²) in [5, 5.41) is 10.1. The number of halogens is 1. The lowest BCUT2D eigenvalue weighted by atomic mass is 10.3. The van der Waals surface area contributed by atoms with Gasteiger partial charge >= 0.3 is 0 Å². The van der Waals surface area contributed by atoms with Gasteiger partial charge in [-0.3, -0.25) is 9.89 Å². The second-order valence-electron chi connectivity index (χ2n) is 5.66. The minimum Gasteiger partial charge on any atom is -0.352 e. The van der Waals surface area contributed by atoms with Gasteiger partial charge in [0.15, 0.2) is 5.96 Å². The maximum absolute atomic E-state index is 4.46. The van der Waals surface area contributed by atoms with Crippen molar-refractivity contribution in [3.05, 3.63) is 16.1 Å². The van der Waals surface area contributed by atoms with Gasteiger partial charge in [-0.2, -0.15) is 0 Å². The van der Waals surface area contributed by atoms with Crippen molar-refractivity contribution in [2.24, 2.45) is 4.99 Å². The number of aryl methyl sites for hydroxylation is 1. The molecule has 7 heteroatoms. The molecule has 0 spiro atoms. The third-order valence-corrected chi connectivity index (χ3v) is 4.89. The zero-order valence-electron chi connectivity index (χ0n) is 12.6. The zero-order valence-corrected chi connectivity index (χ0v) is 15.8. The van der Waals surface area contributed by atoms with Crippen LogP contribution in [0.15, 0.2) is 10.4 Å². The summed E-state index contributed by atoms with van der Waals surface area (Å²) in [7, 11) is 1.83. The molecule has 1 aromatic heterocycles. The number of aromatic nitrogens is 1. The molecule has 2 heterocycles. The topological polar surface area (TPSA) is 52.6 Å². The summed E-state index contributed by atoms with van der Waals surface area (Å²) >= 11 is 1.69. The van der Waals surface area contributed by atoms with Crippen molar-refractivity contribution < 1.29 is 0 Å². The Hall–Kier alpha value is -0.410. The first-order valence-electron chi connectivity index (χ1n) is 7.37. The third-order valence-electron chi connectivity index (χ3n) is 3.92. The molecule has 1 aliphatic carbocycles. The van der Waals surface area contributed by atoms with Crippen LogP contribution in [0.1, 0.15) is 30.0 Å². The average molecular weight is 421 g/mol. The van der Waals surface area contributed by atoms with Crippen LogP contribution < -0.4 is 10.6 Å². The monoisotopic (exact) mass is 421 g/mol. The molecule has 0 aromatic carbocycles. The summed E-state index contributed by atoms with van der Waals surface area (Å²) in [6, 6.07) is 1.40. The van der Waals surface area contributed by atoms with Gasteiger partial charge in [-0.15, -0.1) is 35.3 Å². The lowest BCUT2D eigenvalue weighted by molar-refractivity contribution is 0.321. The van der Waals surface area contributed by atoms with Crippen LogP contribution in [0.4, 0.5) is 0 Å². The summed E-state index contributed by atoms with van der Waals surface area (Å²) in [5.41, 5.74) is 1.09. The fourth-order valence-electron chi connectivity index (χ4n) is 2.71. The predicted molar refractivity (Wildman–Crippen MR) is 98.6 cm³/mol. The normalized spacial score (nSPS) is 23.0. The van der Waals surface area contributed by atoms with E-state index in [1.54, 1.807) is 11.3 Å². The van der Waals surface area contributed by atoms with E-state index < -0.39 is 0 Å². The van der Waals surface area contributed by atoms with Gasteiger partial charge in [0, 0.05) is 43.3 Å². The number of thiazole rings is 1. The van der Waals surface area contributed by atoms with Gasteiger partial charge in [0.1, 0.15) is 5.01 Å². The van der Waals surface area contributed by atoms with E-state index in [0.29, 0.717) is 6.04 Å².